The first-order valence-corrected chi connectivity index (χ1v) is 7.60. The third-order valence-electron chi connectivity index (χ3n) is 3.53. The fraction of sp³-hybridized carbons (Fsp3) is 0.133. The number of fused-ring (bicyclic) bond motifs is 2. The highest BCUT2D eigenvalue weighted by molar-refractivity contribution is 7.20. The molecule has 0 aliphatic carbocycles. The van der Waals surface area contributed by atoms with Gasteiger partial charge < -0.3 is 14.5 Å². The number of ether oxygens (including phenoxy) is 2. The van der Waals surface area contributed by atoms with Crippen molar-refractivity contribution in [1.29, 1.82) is 0 Å². The summed E-state index contributed by atoms with van der Waals surface area (Å²) < 4.78 is 12.0. The van der Waals surface area contributed by atoms with Crippen molar-refractivity contribution in [2.75, 3.05) is 14.2 Å². The summed E-state index contributed by atoms with van der Waals surface area (Å²) in [6, 6.07) is 3.41. The van der Waals surface area contributed by atoms with E-state index in [4.69, 9.17) is 9.47 Å². The van der Waals surface area contributed by atoms with Crippen LogP contribution in [-0.2, 0) is 4.74 Å². The molecule has 3 aromatic heterocycles. The Morgan fingerprint density at radius 2 is 2.22 bits per heavy atom. The number of hydrogen-bond acceptors (Lipinski definition) is 6. The molecule has 0 amide bonds. The molecule has 4 aromatic rings. The van der Waals surface area contributed by atoms with E-state index in [0.29, 0.717) is 11.3 Å². The lowest BCUT2D eigenvalue weighted by atomic mass is 10.2. The fourth-order valence-corrected chi connectivity index (χ4v) is 3.32. The van der Waals surface area contributed by atoms with E-state index in [1.54, 1.807) is 18.3 Å². The first-order chi connectivity index (χ1) is 11.2. The highest BCUT2D eigenvalue weighted by atomic mass is 32.1. The van der Waals surface area contributed by atoms with Crippen LogP contribution in [0, 0.1) is 0 Å². The van der Waals surface area contributed by atoms with Crippen LogP contribution in [0.15, 0.2) is 30.7 Å². The van der Waals surface area contributed by atoms with Gasteiger partial charge in [-0.25, -0.2) is 14.8 Å². The molecule has 0 atom stereocenters. The van der Waals surface area contributed by atoms with Crippen molar-refractivity contribution < 1.29 is 14.3 Å². The predicted octanol–water partition coefficient (Wildman–Crippen LogP) is 2.73. The molecule has 3 heterocycles. The largest absolute Gasteiger partial charge is 0.496 e. The van der Waals surface area contributed by atoms with Crippen molar-refractivity contribution in [3.63, 3.8) is 0 Å². The maximum absolute atomic E-state index is 11.9. The summed E-state index contributed by atoms with van der Waals surface area (Å²) in [6.07, 6.45) is 5.60. The normalized spacial score (nSPS) is 11.2. The van der Waals surface area contributed by atoms with Crippen molar-refractivity contribution in [3.8, 4) is 16.5 Å². The van der Waals surface area contributed by atoms with Crippen LogP contribution in [0.3, 0.4) is 0 Å². The van der Waals surface area contributed by atoms with Gasteiger partial charge in [-0.05, 0) is 6.07 Å². The average Bonchev–Trinajstić information content (AvgIpc) is 3.25. The second-order valence-corrected chi connectivity index (χ2v) is 5.87. The van der Waals surface area contributed by atoms with E-state index in [1.165, 1.54) is 25.6 Å². The Morgan fingerprint density at radius 1 is 1.35 bits per heavy atom. The lowest BCUT2D eigenvalue weighted by Crippen LogP contribution is -2.03. The molecule has 1 N–H and O–H groups in total. The second kappa shape index (κ2) is 5.10. The van der Waals surface area contributed by atoms with Gasteiger partial charge in [-0.1, -0.05) is 11.3 Å². The Morgan fingerprint density at radius 3 is 2.96 bits per heavy atom. The summed E-state index contributed by atoms with van der Waals surface area (Å²) in [6.45, 7) is 0. The van der Waals surface area contributed by atoms with E-state index in [9.17, 15) is 4.79 Å². The van der Waals surface area contributed by atoms with Gasteiger partial charge in [-0.3, -0.25) is 4.40 Å². The van der Waals surface area contributed by atoms with E-state index < -0.39 is 5.97 Å². The van der Waals surface area contributed by atoms with Crippen LogP contribution in [0.4, 0.5) is 0 Å². The maximum Gasteiger partial charge on any atom is 0.341 e. The van der Waals surface area contributed by atoms with E-state index in [-0.39, 0.29) is 0 Å². The highest BCUT2D eigenvalue weighted by Crippen LogP contribution is 2.30. The highest BCUT2D eigenvalue weighted by Gasteiger charge is 2.17. The van der Waals surface area contributed by atoms with Gasteiger partial charge in [0.15, 0.2) is 4.96 Å². The molecule has 8 heteroatoms. The molecule has 23 heavy (non-hydrogen) atoms. The van der Waals surface area contributed by atoms with Gasteiger partial charge in [0.05, 0.1) is 30.1 Å². The fourth-order valence-electron chi connectivity index (χ4n) is 2.43. The number of carbonyl (C=O) groups is 1. The predicted molar refractivity (Wildman–Crippen MR) is 86.0 cm³/mol. The van der Waals surface area contributed by atoms with Gasteiger partial charge in [0, 0.05) is 24.7 Å². The van der Waals surface area contributed by atoms with Crippen molar-refractivity contribution >= 4 is 33.3 Å². The number of nitrogens with one attached hydrogen (secondary N) is 1. The third kappa shape index (κ3) is 2.15. The molecule has 0 fully saturated rings. The number of aromatic amines is 1. The minimum absolute atomic E-state index is 0.360. The SMILES string of the molecule is COC(=O)c1cc2[nH]c(-c3cn4ccnc4s3)nc2cc1OC. The summed E-state index contributed by atoms with van der Waals surface area (Å²) in [4.78, 5) is 25.8. The Kier molecular flexibility index (Phi) is 3.05. The summed E-state index contributed by atoms with van der Waals surface area (Å²) >= 11 is 1.53. The molecular weight excluding hydrogens is 316 g/mol. The summed E-state index contributed by atoms with van der Waals surface area (Å²) in [5.74, 6) is 0.706. The molecule has 1 aromatic carbocycles. The van der Waals surface area contributed by atoms with Crippen LogP contribution in [-0.4, -0.2) is 39.5 Å². The second-order valence-electron chi connectivity index (χ2n) is 4.86. The quantitative estimate of drug-likeness (QED) is 0.585. The molecule has 116 valence electrons. The number of hydrogen-bond donors (Lipinski definition) is 1. The van der Waals surface area contributed by atoms with Gasteiger partial charge in [0.1, 0.15) is 17.1 Å². The molecule has 0 saturated carbocycles. The maximum atomic E-state index is 11.9. The Labute approximate surface area is 134 Å². The average molecular weight is 328 g/mol. The van der Waals surface area contributed by atoms with Crippen LogP contribution in [0.2, 0.25) is 0 Å². The van der Waals surface area contributed by atoms with Crippen molar-refractivity contribution in [2.24, 2.45) is 0 Å². The van der Waals surface area contributed by atoms with Gasteiger partial charge in [0.2, 0.25) is 0 Å². The van der Waals surface area contributed by atoms with Crippen molar-refractivity contribution in [2.45, 2.75) is 0 Å². The molecule has 0 radical (unpaired) electrons. The molecule has 0 unspecified atom stereocenters. The minimum atomic E-state index is -0.450. The van der Waals surface area contributed by atoms with Gasteiger partial charge in [0.25, 0.3) is 0 Å². The van der Waals surface area contributed by atoms with E-state index >= 15 is 0 Å². The number of rotatable bonds is 3. The number of esters is 1. The molecule has 4 rings (SSSR count). The first kappa shape index (κ1) is 13.8. The van der Waals surface area contributed by atoms with Gasteiger partial charge in [-0.15, -0.1) is 0 Å². The number of methoxy groups -OCH3 is 2. The number of thiazole rings is 1. The monoisotopic (exact) mass is 328 g/mol. The molecule has 0 saturated heterocycles. The van der Waals surface area contributed by atoms with Crippen LogP contribution in [0.1, 0.15) is 10.4 Å². The standard InChI is InChI=1S/C15H12N4O3S/c1-21-11-6-10-9(5-8(11)14(20)22-2)17-13(18-10)12-7-19-4-3-16-15(19)23-12/h3-7H,1-2H3,(H,17,18). The number of benzene rings is 1. The molecule has 0 spiro atoms. The third-order valence-corrected chi connectivity index (χ3v) is 4.55. The zero-order valence-corrected chi connectivity index (χ0v) is 13.2. The summed E-state index contributed by atoms with van der Waals surface area (Å²) in [5.41, 5.74) is 1.82. The topological polar surface area (TPSA) is 81.5 Å². The van der Waals surface area contributed by atoms with E-state index in [2.05, 4.69) is 15.0 Å². The lowest BCUT2D eigenvalue weighted by Gasteiger charge is -2.06. The molecule has 7 nitrogen and oxygen atoms in total. The molecule has 0 aliphatic heterocycles. The van der Waals surface area contributed by atoms with E-state index in [1.807, 2.05) is 16.8 Å². The zero-order chi connectivity index (χ0) is 16.0. The van der Waals surface area contributed by atoms with Crippen LogP contribution in [0.25, 0.3) is 26.7 Å². The van der Waals surface area contributed by atoms with Gasteiger partial charge in [-0.2, -0.15) is 0 Å². The smallest absolute Gasteiger partial charge is 0.341 e. The number of nitrogens with zero attached hydrogens (tertiary/aromatic N) is 3. The van der Waals surface area contributed by atoms with Gasteiger partial charge >= 0.3 is 5.97 Å². The number of carbonyl (C=O) groups excluding carboxylic acids is 1. The first-order valence-electron chi connectivity index (χ1n) is 6.78. The van der Waals surface area contributed by atoms with Crippen LogP contribution < -0.4 is 4.74 Å². The Balaban J connectivity index is 1.86. The molecule has 0 aliphatic rings. The van der Waals surface area contributed by atoms with E-state index in [0.717, 1.165) is 26.7 Å². The van der Waals surface area contributed by atoms with Crippen LogP contribution in [0.5, 0.6) is 5.75 Å². The lowest BCUT2D eigenvalue weighted by molar-refractivity contribution is 0.0597. The van der Waals surface area contributed by atoms with Crippen molar-refractivity contribution in [1.82, 2.24) is 19.4 Å². The minimum Gasteiger partial charge on any atom is -0.496 e. The number of H-pyrrole nitrogens is 1. The molecule has 0 bridgehead atoms. The summed E-state index contributed by atoms with van der Waals surface area (Å²) in [7, 11) is 2.85. The zero-order valence-electron chi connectivity index (χ0n) is 12.4. The van der Waals surface area contributed by atoms with Crippen LogP contribution >= 0.6 is 11.3 Å². The molecular formula is C15H12N4O3S. The van der Waals surface area contributed by atoms with Crippen molar-refractivity contribution in [3.05, 3.63) is 36.3 Å². The number of aromatic nitrogens is 4. The Bertz CT molecular complexity index is 1000. The summed E-state index contributed by atoms with van der Waals surface area (Å²) in [5, 5.41) is 0. The Hall–Kier alpha value is -2.87. The number of imidazole rings is 2.